The molecule has 1 aromatic carbocycles. The number of nitrogens with one attached hydrogen (secondary N) is 1. The highest BCUT2D eigenvalue weighted by Crippen LogP contribution is 2.05. The molecule has 0 radical (unpaired) electrons. The lowest BCUT2D eigenvalue weighted by Gasteiger charge is -2.17. The predicted molar refractivity (Wildman–Crippen MR) is 79.2 cm³/mol. The lowest BCUT2D eigenvalue weighted by molar-refractivity contribution is 0.461. The van der Waals surface area contributed by atoms with Gasteiger partial charge in [0.2, 0.25) is 0 Å². The Morgan fingerprint density at radius 2 is 2.05 bits per heavy atom. The van der Waals surface area contributed by atoms with E-state index in [1.807, 2.05) is 10.9 Å². The lowest BCUT2D eigenvalue weighted by Crippen LogP contribution is -2.33. The van der Waals surface area contributed by atoms with Crippen molar-refractivity contribution < 1.29 is 0 Å². The van der Waals surface area contributed by atoms with Gasteiger partial charge in [0, 0.05) is 18.8 Å². The standard InChI is InChI=1S/C16H23N3/c1-3-16(11-15-7-5-4-6-8-15)17-9-10-19-13-14(2)12-18-19/h4-8,12-13,16-17H,3,9-11H2,1-2H3. The first-order valence-electron chi connectivity index (χ1n) is 7.04. The van der Waals surface area contributed by atoms with E-state index in [4.69, 9.17) is 0 Å². The number of aromatic nitrogens is 2. The van der Waals surface area contributed by atoms with Crippen molar-refractivity contribution in [2.75, 3.05) is 6.54 Å². The maximum Gasteiger partial charge on any atom is 0.0534 e. The Labute approximate surface area is 115 Å². The van der Waals surface area contributed by atoms with Crippen LogP contribution in [0, 0.1) is 6.92 Å². The number of benzene rings is 1. The van der Waals surface area contributed by atoms with Gasteiger partial charge in [0.15, 0.2) is 0 Å². The van der Waals surface area contributed by atoms with E-state index >= 15 is 0 Å². The van der Waals surface area contributed by atoms with Crippen molar-refractivity contribution in [3.63, 3.8) is 0 Å². The molecule has 2 rings (SSSR count). The highest BCUT2D eigenvalue weighted by molar-refractivity contribution is 5.15. The molecule has 1 aromatic heterocycles. The van der Waals surface area contributed by atoms with Gasteiger partial charge in [-0.3, -0.25) is 4.68 Å². The average molecular weight is 257 g/mol. The molecule has 0 aliphatic rings. The number of hydrogen-bond donors (Lipinski definition) is 1. The van der Waals surface area contributed by atoms with Crippen LogP contribution in [-0.4, -0.2) is 22.4 Å². The van der Waals surface area contributed by atoms with Crippen molar-refractivity contribution in [2.45, 2.75) is 39.3 Å². The van der Waals surface area contributed by atoms with Crippen LogP contribution in [0.2, 0.25) is 0 Å². The molecule has 3 heteroatoms. The fraction of sp³-hybridized carbons (Fsp3) is 0.438. The van der Waals surface area contributed by atoms with E-state index in [1.54, 1.807) is 0 Å². The number of nitrogens with zero attached hydrogens (tertiary/aromatic N) is 2. The second-order valence-corrected chi connectivity index (χ2v) is 5.03. The molecule has 0 bridgehead atoms. The summed E-state index contributed by atoms with van der Waals surface area (Å²) >= 11 is 0. The molecule has 102 valence electrons. The number of aryl methyl sites for hydroxylation is 1. The van der Waals surface area contributed by atoms with E-state index in [2.05, 4.69) is 60.8 Å². The Hall–Kier alpha value is -1.61. The summed E-state index contributed by atoms with van der Waals surface area (Å²) in [6, 6.07) is 11.2. The largest absolute Gasteiger partial charge is 0.312 e. The minimum Gasteiger partial charge on any atom is -0.312 e. The van der Waals surface area contributed by atoms with Crippen molar-refractivity contribution in [3.05, 3.63) is 53.9 Å². The Bertz CT molecular complexity index is 476. The molecule has 0 saturated carbocycles. The summed E-state index contributed by atoms with van der Waals surface area (Å²) in [4.78, 5) is 0. The molecular weight excluding hydrogens is 234 g/mol. The van der Waals surface area contributed by atoms with Crippen LogP contribution in [0.1, 0.15) is 24.5 Å². The molecule has 0 aliphatic carbocycles. The maximum atomic E-state index is 4.30. The third kappa shape index (κ3) is 4.52. The molecule has 2 aromatic rings. The Morgan fingerprint density at radius 1 is 1.26 bits per heavy atom. The van der Waals surface area contributed by atoms with Crippen molar-refractivity contribution in [1.29, 1.82) is 0 Å². The van der Waals surface area contributed by atoms with Crippen LogP contribution in [-0.2, 0) is 13.0 Å². The summed E-state index contributed by atoms with van der Waals surface area (Å²) in [5.41, 5.74) is 2.62. The van der Waals surface area contributed by atoms with Crippen LogP contribution in [0.5, 0.6) is 0 Å². The van der Waals surface area contributed by atoms with Crippen molar-refractivity contribution in [1.82, 2.24) is 15.1 Å². The molecule has 1 unspecified atom stereocenters. The fourth-order valence-corrected chi connectivity index (χ4v) is 2.23. The van der Waals surface area contributed by atoms with E-state index in [9.17, 15) is 0 Å². The Kier molecular flexibility index (Phi) is 5.16. The van der Waals surface area contributed by atoms with E-state index in [0.717, 1.165) is 25.9 Å². The third-order valence-electron chi connectivity index (χ3n) is 3.35. The summed E-state index contributed by atoms with van der Waals surface area (Å²) in [5.74, 6) is 0. The molecule has 0 amide bonds. The molecule has 0 fully saturated rings. The van der Waals surface area contributed by atoms with E-state index < -0.39 is 0 Å². The molecule has 0 spiro atoms. The zero-order valence-electron chi connectivity index (χ0n) is 11.8. The summed E-state index contributed by atoms with van der Waals surface area (Å²) in [6.07, 6.45) is 6.23. The minimum atomic E-state index is 0.541. The second-order valence-electron chi connectivity index (χ2n) is 5.03. The van der Waals surface area contributed by atoms with Crippen molar-refractivity contribution in [2.24, 2.45) is 0 Å². The summed E-state index contributed by atoms with van der Waals surface area (Å²) in [6.45, 7) is 6.20. The van der Waals surface area contributed by atoms with Crippen molar-refractivity contribution >= 4 is 0 Å². The van der Waals surface area contributed by atoms with E-state index in [-0.39, 0.29) is 0 Å². The third-order valence-corrected chi connectivity index (χ3v) is 3.35. The maximum absolute atomic E-state index is 4.30. The van der Waals surface area contributed by atoms with Crippen LogP contribution in [0.15, 0.2) is 42.7 Å². The molecule has 1 N–H and O–H groups in total. The van der Waals surface area contributed by atoms with Gasteiger partial charge in [-0.25, -0.2) is 0 Å². The van der Waals surface area contributed by atoms with Gasteiger partial charge in [-0.15, -0.1) is 0 Å². The summed E-state index contributed by atoms with van der Waals surface area (Å²) < 4.78 is 2.00. The van der Waals surface area contributed by atoms with Crippen LogP contribution in [0.4, 0.5) is 0 Å². The van der Waals surface area contributed by atoms with E-state index in [0.29, 0.717) is 6.04 Å². The van der Waals surface area contributed by atoms with Crippen LogP contribution in [0.3, 0.4) is 0 Å². The van der Waals surface area contributed by atoms with Gasteiger partial charge < -0.3 is 5.32 Å². The van der Waals surface area contributed by atoms with Gasteiger partial charge in [-0.1, -0.05) is 37.3 Å². The van der Waals surface area contributed by atoms with E-state index in [1.165, 1.54) is 11.1 Å². The Balaban J connectivity index is 1.76. The monoisotopic (exact) mass is 257 g/mol. The summed E-state index contributed by atoms with van der Waals surface area (Å²) in [5, 5.41) is 7.91. The molecule has 0 aliphatic heterocycles. The first-order valence-corrected chi connectivity index (χ1v) is 7.04. The molecule has 0 saturated heterocycles. The zero-order chi connectivity index (χ0) is 13.5. The first-order chi connectivity index (χ1) is 9.28. The Morgan fingerprint density at radius 3 is 2.68 bits per heavy atom. The normalized spacial score (nSPS) is 12.5. The van der Waals surface area contributed by atoms with Crippen LogP contribution >= 0.6 is 0 Å². The van der Waals surface area contributed by atoms with Gasteiger partial charge in [-0.05, 0) is 30.9 Å². The van der Waals surface area contributed by atoms with Gasteiger partial charge in [0.05, 0.1) is 12.7 Å². The topological polar surface area (TPSA) is 29.9 Å². The van der Waals surface area contributed by atoms with Crippen LogP contribution in [0.25, 0.3) is 0 Å². The SMILES string of the molecule is CCC(Cc1ccccc1)NCCn1cc(C)cn1. The second kappa shape index (κ2) is 7.10. The lowest BCUT2D eigenvalue weighted by atomic mass is 10.0. The van der Waals surface area contributed by atoms with Gasteiger partial charge in [0.25, 0.3) is 0 Å². The average Bonchev–Trinajstić information content (AvgIpc) is 2.84. The van der Waals surface area contributed by atoms with Gasteiger partial charge in [-0.2, -0.15) is 5.10 Å². The van der Waals surface area contributed by atoms with Gasteiger partial charge in [0.1, 0.15) is 0 Å². The molecular formula is C16H23N3. The van der Waals surface area contributed by atoms with Crippen LogP contribution < -0.4 is 5.32 Å². The first kappa shape index (κ1) is 13.8. The molecule has 19 heavy (non-hydrogen) atoms. The predicted octanol–water partition coefficient (Wildman–Crippen LogP) is 2.80. The quantitative estimate of drug-likeness (QED) is 0.826. The number of hydrogen-bond acceptors (Lipinski definition) is 2. The molecule has 1 heterocycles. The minimum absolute atomic E-state index is 0.541. The smallest absolute Gasteiger partial charge is 0.0534 e. The van der Waals surface area contributed by atoms with Gasteiger partial charge >= 0.3 is 0 Å². The number of rotatable bonds is 7. The highest BCUT2D eigenvalue weighted by Gasteiger charge is 2.06. The highest BCUT2D eigenvalue weighted by atomic mass is 15.3. The van der Waals surface area contributed by atoms with Crippen molar-refractivity contribution in [3.8, 4) is 0 Å². The molecule has 3 nitrogen and oxygen atoms in total. The zero-order valence-corrected chi connectivity index (χ0v) is 11.8. The summed E-state index contributed by atoms with van der Waals surface area (Å²) in [7, 11) is 0. The molecule has 1 atom stereocenters. The fourth-order valence-electron chi connectivity index (χ4n) is 2.23.